The van der Waals surface area contributed by atoms with Crippen LogP contribution in [0.5, 0.6) is 11.5 Å². The fourth-order valence-corrected chi connectivity index (χ4v) is 2.50. The topological polar surface area (TPSA) is 48.0 Å². The predicted octanol–water partition coefficient (Wildman–Crippen LogP) is 1.94. The maximum Gasteiger partial charge on any atom is 0.254 e. The first-order valence-electron chi connectivity index (χ1n) is 6.38. The van der Waals surface area contributed by atoms with Crippen molar-refractivity contribution in [2.24, 2.45) is 0 Å². The fourth-order valence-electron chi connectivity index (χ4n) is 2.11. The Morgan fingerprint density at radius 2 is 2.00 bits per heavy atom. The number of rotatable bonds is 4. The number of halogens is 1. The van der Waals surface area contributed by atoms with Crippen LogP contribution in [0.4, 0.5) is 0 Å². The zero-order chi connectivity index (χ0) is 14.5. The van der Waals surface area contributed by atoms with Crippen molar-refractivity contribution >= 4 is 21.8 Å². The second-order valence-corrected chi connectivity index (χ2v) is 5.15. The summed E-state index contributed by atoms with van der Waals surface area (Å²) in [7, 11) is 3.14. The summed E-state index contributed by atoms with van der Waals surface area (Å²) < 4.78 is 15.9. The first-order valence-corrected chi connectivity index (χ1v) is 7.50. The minimum absolute atomic E-state index is 0.0311. The van der Waals surface area contributed by atoms with Crippen LogP contribution in [0.3, 0.4) is 0 Å². The van der Waals surface area contributed by atoms with Gasteiger partial charge in [0.2, 0.25) is 0 Å². The van der Waals surface area contributed by atoms with Gasteiger partial charge in [0.25, 0.3) is 5.91 Å². The molecular formula is C14H18BrNO4. The summed E-state index contributed by atoms with van der Waals surface area (Å²) in [6, 6.07) is 5.20. The quantitative estimate of drug-likeness (QED) is 0.784. The molecule has 1 heterocycles. The average Bonchev–Trinajstić information content (AvgIpc) is 2.53. The maximum atomic E-state index is 12.5. The van der Waals surface area contributed by atoms with E-state index in [9.17, 15) is 4.79 Å². The van der Waals surface area contributed by atoms with Gasteiger partial charge >= 0.3 is 0 Å². The molecule has 1 aliphatic heterocycles. The van der Waals surface area contributed by atoms with E-state index in [4.69, 9.17) is 14.2 Å². The van der Waals surface area contributed by atoms with Crippen LogP contribution in [0.15, 0.2) is 18.2 Å². The maximum absolute atomic E-state index is 12.5. The lowest BCUT2D eigenvalue weighted by molar-refractivity contribution is -0.00966. The van der Waals surface area contributed by atoms with E-state index in [0.29, 0.717) is 36.8 Å². The highest BCUT2D eigenvalue weighted by Gasteiger charge is 2.25. The number of alkyl halides is 1. The molecule has 0 N–H and O–H groups in total. The third-order valence-corrected chi connectivity index (χ3v) is 3.92. The lowest BCUT2D eigenvalue weighted by atomic mass is 10.1. The van der Waals surface area contributed by atoms with Gasteiger partial charge in [-0.05, 0) is 12.1 Å². The third-order valence-electron chi connectivity index (χ3n) is 3.20. The number of hydrogen-bond acceptors (Lipinski definition) is 4. The minimum Gasteiger partial charge on any atom is -0.497 e. The number of carbonyl (C=O) groups excluding carboxylic acids is 1. The smallest absolute Gasteiger partial charge is 0.254 e. The highest BCUT2D eigenvalue weighted by molar-refractivity contribution is 9.09. The Balaban J connectivity index is 2.19. The van der Waals surface area contributed by atoms with Crippen LogP contribution in [-0.2, 0) is 4.74 Å². The van der Waals surface area contributed by atoms with Crippen molar-refractivity contribution in [3.05, 3.63) is 23.8 Å². The summed E-state index contributed by atoms with van der Waals surface area (Å²) in [5.74, 6) is 1.19. The van der Waals surface area contributed by atoms with Gasteiger partial charge in [-0.25, -0.2) is 0 Å². The number of nitrogens with zero attached hydrogens (tertiary/aromatic N) is 1. The normalized spacial score (nSPS) is 18.8. The Morgan fingerprint density at radius 3 is 2.55 bits per heavy atom. The predicted molar refractivity (Wildman–Crippen MR) is 79.0 cm³/mol. The monoisotopic (exact) mass is 343 g/mol. The molecule has 0 bridgehead atoms. The van der Waals surface area contributed by atoms with Gasteiger partial charge in [0, 0.05) is 30.0 Å². The molecular weight excluding hydrogens is 326 g/mol. The van der Waals surface area contributed by atoms with E-state index >= 15 is 0 Å². The highest BCUT2D eigenvalue weighted by atomic mass is 79.9. The molecule has 1 amide bonds. The molecule has 1 aromatic rings. The van der Waals surface area contributed by atoms with Crippen molar-refractivity contribution in [1.29, 1.82) is 0 Å². The first kappa shape index (κ1) is 15.1. The van der Waals surface area contributed by atoms with Gasteiger partial charge in [-0.2, -0.15) is 0 Å². The lowest BCUT2D eigenvalue weighted by Gasteiger charge is -2.32. The zero-order valence-electron chi connectivity index (χ0n) is 11.6. The summed E-state index contributed by atoms with van der Waals surface area (Å²) in [6.07, 6.45) is 0.0419. The Morgan fingerprint density at radius 1 is 1.35 bits per heavy atom. The number of ether oxygens (including phenoxy) is 3. The molecule has 6 heteroatoms. The van der Waals surface area contributed by atoms with Crippen LogP contribution in [0.1, 0.15) is 10.4 Å². The zero-order valence-corrected chi connectivity index (χ0v) is 13.2. The van der Waals surface area contributed by atoms with Crippen LogP contribution in [0.25, 0.3) is 0 Å². The third kappa shape index (κ3) is 3.43. The molecule has 1 saturated heterocycles. The van der Waals surface area contributed by atoms with Crippen molar-refractivity contribution in [3.63, 3.8) is 0 Å². The standard InChI is InChI=1S/C14H18BrNO4/c1-18-11-5-10(6-12(7-11)19-2)14(17)16-3-4-20-13(8-15)9-16/h5-7,13H,3-4,8-9H2,1-2H3. The molecule has 110 valence electrons. The Kier molecular flexibility index (Phi) is 5.25. The van der Waals surface area contributed by atoms with Gasteiger partial charge in [-0.15, -0.1) is 0 Å². The number of amides is 1. The van der Waals surface area contributed by atoms with Crippen LogP contribution >= 0.6 is 15.9 Å². The molecule has 1 unspecified atom stereocenters. The molecule has 0 saturated carbocycles. The molecule has 1 aromatic carbocycles. The Bertz CT molecular complexity index is 458. The second-order valence-electron chi connectivity index (χ2n) is 4.50. The largest absolute Gasteiger partial charge is 0.497 e. The number of hydrogen-bond donors (Lipinski definition) is 0. The number of methoxy groups -OCH3 is 2. The molecule has 20 heavy (non-hydrogen) atoms. The molecule has 1 aliphatic rings. The van der Waals surface area contributed by atoms with Crippen LogP contribution in [0.2, 0.25) is 0 Å². The lowest BCUT2D eigenvalue weighted by Crippen LogP contribution is -2.46. The van der Waals surface area contributed by atoms with E-state index in [1.54, 1.807) is 37.3 Å². The molecule has 0 spiro atoms. The van der Waals surface area contributed by atoms with Gasteiger partial charge in [0.15, 0.2) is 0 Å². The second kappa shape index (κ2) is 6.95. The summed E-state index contributed by atoms with van der Waals surface area (Å²) in [5, 5.41) is 0.720. The van der Waals surface area contributed by atoms with E-state index in [0.717, 1.165) is 5.33 Å². The van der Waals surface area contributed by atoms with Crippen molar-refractivity contribution in [1.82, 2.24) is 4.90 Å². The van der Waals surface area contributed by atoms with Crippen molar-refractivity contribution in [2.75, 3.05) is 39.2 Å². The van der Waals surface area contributed by atoms with Crippen LogP contribution in [-0.4, -0.2) is 56.2 Å². The molecule has 1 fully saturated rings. The number of morpholine rings is 1. The minimum atomic E-state index is -0.0311. The van der Waals surface area contributed by atoms with Gasteiger partial charge in [0.05, 0.1) is 26.9 Å². The van der Waals surface area contributed by atoms with Crippen molar-refractivity contribution in [3.8, 4) is 11.5 Å². The number of benzene rings is 1. The van der Waals surface area contributed by atoms with Crippen LogP contribution < -0.4 is 9.47 Å². The highest BCUT2D eigenvalue weighted by Crippen LogP contribution is 2.24. The first-order chi connectivity index (χ1) is 9.67. The van der Waals surface area contributed by atoms with E-state index in [1.165, 1.54) is 0 Å². The summed E-state index contributed by atoms with van der Waals surface area (Å²) in [6.45, 7) is 1.74. The van der Waals surface area contributed by atoms with Crippen molar-refractivity contribution in [2.45, 2.75) is 6.10 Å². The van der Waals surface area contributed by atoms with Gasteiger partial charge in [-0.1, -0.05) is 15.9 Å². The molecule has 0 aromatic heterocycles. The van der Waals surface area contributed by atoms with E-state index in [1.807, 2.05) is 0 Å². The molecule has 2 rings (SSSR count). The molecule has 0 aliphatic carbocycles. The van der Waals surface area contributed by atoms with Gasteiger partial charge in [-0.3, -0.25) is 4.79 Å². The SMILES string of the molecule is COc1cc(OC)cc(C(=O)N2CCOC(CBr)C2)c1. The summed E-state index contributed by atoms with van der Waals surface area (Å²) in [5.41, 5.74) is 0.566. The average molecular weight is 344 g/mol. The number of carbonyl (C=O) groups is 1. The van der Waals surface area contributed by atoms with E-state index in [-0.39, 0.29) is 12.0 Å². The van der Waals surface area contributed by atoms with Crippen molar-refractivity contribution < 1.29 is 19.0 Å². The summed E-state index contributed by atoms with van der Waals surface area (Å²) >= 11 is 3.39. The van der Waals surface area contributed by atoms with Crippen LogP contribution in [0, 0.1) is 0 Å². The summed E-state index contributed by atoms with van der Waals surface area (Å²) in [4.78, 5) is 14.3. The van der Waals surface area contributed by atoms with E-state index in [2.05, 4.69) is 15.9 Å². The molecule has 5 nitrogen and oxygen atoms in total. The Labute approximate surface area is 126 Å². The van der Waals surface area contributed by atoms with E-state index < -0.39 is 0 Å². The Hall–Kier alpha value is -1.27. The molecule has 1 atom stereocenters. The van der Waals surface area contributed by atoms with Gasteiger partial charge < -0.3 is 19.1 Å². The molecule has 0 radical (unpaired) electrons. The fraction of sp³-hybridized carbons (Fsp3) is 0.500. The van der Waals surface area contributed by atoms with Gasteiger partial charge in [0.1, 0.15) is 11.5 Å².